The van der Waals surface area contributed by atoms with E-state index in [0.717, 1.165) is 44.1 Å². The average molecular weight is 544 g/mol. The monoisotopic (exact) mass is 543 g/mol. The zero-order valence-corrected chi connectivity index (χ0v) is 23.7. The Bertz CT molecular complexity index is 931. The van der Waals surface area contributed by atoms with Crippen LogP contribution in [0.5, 0.6) is 17.2 Å². The van der Waals surface area contributed by atoms with Gasteiger partial charge < -0.3 is 28.6 Å². The molecule has 2 aliphatic rings. The smallest absolute Gasteiger partial charge is 0.328 e. The molecular weight excluding hydrogens is 498 g/mol. The van der Waals surface area contributed by atoms with Crippen molar-refractivity contribution in [2.75, 3.05) is 47.2 Å². The molecule has 1 aromatic carbocycles. The highest BCUT2D eigenvalue weighted by Crippen LogP contribution is 2.45. The zero-order valence-electron chi connectivity index (χ0n) is 23.7. The van der Waals surface area contributed by atoms with Gasteiger partial charge in [-0.2, -0.15) is 0 Å². The number of likely N-dealkylation sites (tertiary alicyclic amines) is 1. The van der Waals surface area contributed by atoms with E-state index in [1.807, 2.05) is 12.1 Å². The lowest BCUT2D eigenvalue weighted by molar-refractivity contribution is -0.158. The Balaban J connectivity index is 1.87. The van der Waals surface area contributed by atoms with Crippen LogP contribution in [0.2, 0.25) is 0 Å². The highest BCUT2D eigenvalue weighted by Gasteiger charge is 2.40. The van der Waals surface area contributed by atoms with E-state index < -0.39 is 12.0 Å². The van der Waals surface area contributed by atoms with Gasteiger partial charge in [-0.25, -0.2) is 4.79 Å². The first kappa shape index (κ1) is 30.5. The van der Waals surface area contributed by atoms with Crippen molar-refractivity contribution in [1.29, 1.82) is 0 Å². The number of methoxy groups -OCH3 is 2. The topological polar surface area (TPSA) is 83.5 Å². The number of piperidine rings is 1. The molecular formula is C31H45NO7. The van der Waals surface area contributed by atoms with Crippen LogP contribution in [0.3, 0.4) is 0 Å². The molecule has 1 aromatic rings. The lowest BCUT2D eigenvalue weighted by Gasteiger charge is -2.39. The molecule has 1 saturated carbocycles. The molecule has 0 aromatic heterocycles. The van der Waals surface area contributed by atoms with Gasteiger partial charge in [0.1, 0.15) is 12.6 Å². The maximum absolute atomic E-state index is 14.4. The normalized spacial score (nSPS) is 18.6. The fourth-order valence-corrected chi connectivity index (χ4v) is 5.66. The summed E-state index contributed by atoms with van der Waals surface area (Å²) in [6, 6.07) is 3.20. The number of rotatable bonds is 15. The lowest BCUT2D eigenvalue weighted by Crippen LogP contribution is -2.51. The second-order valence-corrected chi connectivity index (χ2v) is 10.2. The Kier molecular flexibility index (Phi) is 12.7. The van der Waals surface area contributed by atoms with Crippen LogP contribution in [-0.2, 0) is 19.1 Å². The molecule has 216 valence electrons. The molecule has 1 amide bonds. The first-order valence-electron chi connectivity index (χ1n) is 14.2. The molecule has 0 bridgehead atoms. The minimum atomic E-state index is -0.578. The van der Waals surface area contributed by atoms with Crippen molar-refractivity contribution in [2.45, 2.75) is 69.7 Å². The van der Waals surface area contributed by atoms with Crippen LogP contribution in [0.15, 0.2) is 37.4 Å². The minimum Gasteiger partial charge on any atom is -0.493 e. The molecule has 2 fully saturated rings. The van der Waals surface area contributed by atoms with Gasteiger partial charge in [0.25, 0.3) is 0 Å². The molecule has 1 aliphatic heterocycles. The zero-order chi connectivity index (χ0) is 28.0. The van der Waals surface area contributed by atoms with E-state index >= 15 is 0 Å². The van der Waals surface area contributed by atoms with E-state index in [4.69, 9.17) is 23.7 Å². The summed E-state index contributed by atoms with van der Waals surface area (Å²) in [6.07, 6.45) is 11.6. The van der Waals surface area contributed by atoms with E-state index in [2.05, 4.69) is 13.2 Å². The first-order chi connectivity index (χ1) is 19.0. The summed E-state index contributed by atoms with van der Waals surface area (Å²) in [7, 11) is 3.16. The molecule has 0 N–H and O–H groups in total. The minimum absolute atomic E-state index is 0.0262. The number of amides is 1. The van der Waals surface area contributed by atoms with Gasteiger partial charge >= 0.3 is 5.97 Å². The Morgan fingerprint density at radius 3 is 2.26 bits per heavy atom. The van der Waals surface area contributed by atoms with Crippen LogP contribution in [-0.4, -0.2) is 70.0 Å². The summed E-state index contributed by atoms with van der Waals surface area (Å²) in [6.45, 7) is 9.42. The number of carbonyl (C=O) groups excluding carboxylic acids is 2. The Morgan fingerprint density at radius 1 is 0.949 bits per heavy atom. The molecule has 0 unspecified atom stereocenters. The summed E-state index contributed by atoms with van der Waals surface area (Å²) in [5.41, 5.74) is 0.823. The van der Waals surface area contributed by atoms with Gasteiger partial charge in [0.05, 0.1) is 40.0 Å². The van der Waals surface area contributed by atoms with E-state index in [-0.39, 0.29) is 24.4 Å². The van der Waals surface area contributed by atoms with E-state index in [9.17, 15) is 9.59 Å². The van der Waals surface area contributed by atoms with Crippen LogP contribution >= 0.6 is 0 Å². The summed E-state index contributed by atoms with van der Waals surface area (Å²) in [5, 5.41) is 0. The largest absolute Gasteiger partial charge is 0.493 e. The van der Waals surface area contributed by atoms with Crippen molar-refractivity contribution in [2.24, 2.45) is 5.92 Å². The third-order valence-electron chi connectivity index (χ3n) is 7.55. The van der Waals surface area contributed by atoms with E-state index in [1.165, 1.54) is 6.42 Å². The highest BCUT2D eigenvalue weighted by atomic mass is 16.5. The lowest BCUT2D eigenvalue weighted by atomic mass is 9.75. The summed E-state index contributed by atoms with van der Waals surface area (Å²) < 4.78 is 28.2. The Hall–Kier alpha value is -3.00. The third kappa shape index (κ3) is 8.24. The number of benzene rings is 1. The number of esters is 1. The maximum atomic E-state index is 14.4. The van der Waals surface area contributed by atoms with Crippen LogP contribution in [0.4, 0.5) is 0 Å². The average Bonchev–Trinajstić information content (AvgIpc) is 2.98. The predicted molar refractivity (Wildman–Crippen MR) is 150 cm³/mol. The number of carbonyl (C=O) groups is 2. The number of nitrogens with zero attached hydrogens (tertiary/aromatic N) is 1. The predicted octanol–water partition coefficient (Wildman–Crippen LogP) is 5.45. The number of hydrogen-bond acceptors (Lipinski definition) is 7. The van der Waals surface area contributed by atoms with Gasteiger partial charge in [0.15, 0.2) is 11.5 Å². The van der Waals surface area contributed by atoms with Crippen LogP contribution in [0.25, 0.3) is 0 Å². The first-order valence-corrected chi connectivity index (χ1v) is 14.2. The van der Waals surface area contributed by atoms with E-state index in [0.29, 0.717) is 56.5 Å². The van der Waals surface area contributed by atoms with Gasteiger partial charge in [-0.15, -0.1) is 6.58 Å². The molecule has 1 saturated heterocycles. The molecule has 0 radical (unpaired) electrons. The SMILES string of the molecule is C=CCOCCCOC(=O)[C@@H]1CCCCN1C(=O)[C@H](c1cc(OC)c(OCC=C)c(OC)c1)C1CCCCC1. The molecule has 0 spiro atoms. The highest BCUT2D eigenvalue weighted by molar-refractivity contribution is 5.89. The van der Waals surface area contributed by atoms with Crippen LogP contribution in [0, 0.1) is 5.92 Å². The Labute approximate surface area is 233 Å². The molecule has 8 heteroatoms. The maximum Gasteiger partial charge on any atom is 0.328 e. The quantitative estimate of drug-likeness (QED) is 0.165. The second kappa shape index (κ2) is 16.2. The van der Waals surface area contributed by atoms with Gasteiger partial charge in [-0.3, -0.25) is 4.79 Å². The summed E-state index contributed by atoms with van der Waals surface area (Å²) >= 11 is 0. The van der Waals surface area contributed by atoms with Crippen molar-refractivity contribution in [3.05, 3.63) is 43.0 Å². The van der Waals surface area contributed by atoms with Gasteiger partial charge in [0.2, 0.25) is 11.7 Å². The van der Waals surface area contributed by atoms with Crippen molar-refractivity contribution in [1.82, 2.24) is 4.90 Å². The van der Waals surface area contributed by atoms with Gasteiger partial charge in [-0.1, -0.05) is 38.0 Å². The third-order valence-corrected chi connectivity index (χ3v) is 7.55. The number of hydrogen-bond donors (Lipinski definition) is 0. The molecule has 2 atom stereocenters. The summed E-state index contributed by atoms with van der Waals surface area (Å²) in [5.74, 6) is 0.888. The molecule has 1 aliphatic carbocycles. The fraction of sp³-hybridized carbons (Fsp3) is 0.613. The molecule has 3 rings (SSSR count). The van der Waals surface area contributed by atoms with Crippen LogP contribution < -0.4 is 14.2 Å². The summed E-state index contributed by atoms with van der Waals surface area (Å²) in [4.78, 5) is 29.3. The van der Waals surface area contributed by atoms with Crippen molar-refractivity contribution in [3.63, 3.8) is 0 Å². The van der Waals surface area contributed by atoms with Gasteiger partial charge in [-0.05, 0) is 55.7 Å². The number of ether oxygens (including phenoxy) is 5. The fourth-order valence-electron chi connectivity index (χ4n) is 5.66. The Morgan fingerprint density at radius 2 is 1.62 bits per heavy atom. The molecule has 8 nitrogen and oxygen atoms in total. The molecule has 1 heterocycles. The van der Waals surface area contributed by atoms with Crippen molar-refractivity contribution in [3.8, 4) is 17.2 Å². The van der Waals surface area contributed by atoms with Crippen molar-refractivity contribution < 1.29 is 33.3 Å². The molecule has 39 heavy (non-hydrogen) atoms. The van der Waals surface area contributed by atoms with E-state index in [1.54, 1.807) is 31.3 Å². The van der Waals surface area contributed by atoms with Crippen LogP contribution in [0.1, 0.15) is 69.3 Å². The standard InChI is InChI=1S/C31H45NO7/c1-5-17-37-19-12-20-39-31(34)25-15-10-11-16-32(25)30(33)28(23-13-8-7-9-14-23)24-21-26(35-3)29(38-18-6-2)27(22-24)36-4/h5-6,21-23,25,28H,1-2,7-20H2,3-4H3/t25-,28-/m0/s1. The second-order valence-electron chi connectivity index (χ2n) is 10.2. The van der Waals surface area contributed by atoms with Gasteiger partial charge in [0, 0.05) is 13.0 Å². The van der Waals surface area contributed by atoms with Crippen molar-refractivity contribution >= 4 is 11.9 Å².